The van der Waals surface area contributed by atoms with Crippen molar-refractivity contribution in [1.82, 2.24) is 15.2 Å². The summed E-state index contributed by atoms with van der Waals surface area (Å²) in [5, 5.41) is 7.77. The van der Waals surface area contributed by atoms with Crippen molar-refractivity contribution in [3.05, 3.63) is 36.3 Å². The summed E-state index contributed by atoms with van der Waals surface area (Å²) in [5.41, 5.74) is 1.05. The molecule has 0 amide bonds. The number of aromatic nitrogens is 3. The molecule has 5 nitrogen and oxygen atoms in total. The fourth-order valence-corrected chi connectivity index (χ4v) is 1.59. The maximum Gasteiger partial charge on any atom is 0.272 e. The van der Waals surface area contributed by atoms with Gasteiger partial charge in [0.15, 0.2) is 0 Å². The Kier molecular flexibility index (Phi) is 2.20. The van der Waals surface area contributed by atoms with Gasteiger partial charge in [-0.1, -0.05) is 18.7 Å². The Bertz CT molecular complexity index is 622. The average molecular weight is 221 g/mol. The molecule has 0 bridgehead atoms. The highest BCUT2D eigenvalue weighted by Gasteiger charge is 2.14. The third kappa shape index (κ3) is 1.71. The average Bonchev–Trinajstić information content (AvgIpc) is 2.28. The van der Waals surface area contributed by atoms with Crippen molar-refractivity contribution in [3.8, 4) is 0 Å². The van der Waals surface area contributed by atoms with Crippen LogP contribution in [0.2, 0.25) is 0 Å². The number of fused-ring (bicyclic) bond motifs is 1. The molecule has 1 aromatic heterocycles. The SMILES string of the molecule is C=CS(=O)(=O)c1nnc2ccccc2n1. The largest absolute Gasteiger partial charge is 0.272 e. The minimum Gasteiger partial charge on any atom is -0.216 e. The normalized spacial score (nSPS) is 11.5. The smallest absolute Gasteiger partial charge is 0.216 e. The van der Waals surface area contributed by atoms with Crippen LogP contribution in [-0.4, -0.2) is 23.6 Å². The first-order valence-corrected chi connectivity index (χ1v) is 5.65. The van der Waals surface area contributed by atoms with Crippen LogP contribution in [-0.2, 0) is 9.84 Å². The van der Waals surface area contributed by atoms with E-state index in [0.717, 1.165) is 5.41 Å². The first-order valence-electron chi connectivity index (χ1n) is 4.10. The molecule has 2 aromatic rings. The van der Waals surface area contributed by atoms with E-state index in [1.807, 2.05) is 0 Å². The second kappa shape index (κ2) is 3.39. The molecule has 0 N–H and O–H groups in total. The zero-order valence-electron chi connectivity index (χ0n) is 7.66. The highest BCUT2D eigenvalue weighted by molar-refractivity contribution is 7.94. The van der Waals surface area contributed by atoms with Gasteiger partial charge in [0.25, 0.3) is 5.16 Å². The summed E-state index contributed by atoms with van der Waals surface area (Å²) in [6.07, 6.45) is 0. The Balaban J connectivity index is 2.72. The molecule has 0 unspecified atom stereocenters. The monoisotopic (exact) mass is 221 g/mol. The molecule has 0 atom stereocenters. The van der Waals surface area contributed by atoms with E-state index in [0.29, 0.717) is 11.0 Å². The van der Waals surface area contributed by atoms with E-state index in [4.69, 9.17) is 0 Å². The lowest BCUT2D eigenvalue weighted by Gasteiger charge is -1.97. The predicted octanol–water partition coefficient (Wildman–Crippen LogP) is 0.942. The molecule has 0 spiro atoms. The third-order valence-corrected chi connectivity index (χ3v) is 2.94. The summed E-state index contributed by atoms with van der Waals surface area (Å²) in [5.74, 6) is 0. The summed E-state index contributed by atoms with van der Waals surface area (Å²) < 4.78 is 22.7. The van der Waals surface area contributed by atoms with Crippen molar-refractivity contribution in [2.45, 2.75) is 5.16 Å². The summed E-state index contributed by atoms with van der Waals surface area (Å²) in [6.45, 7) is 3.19. The Labute approximate surface area is 86.4 Å². The van der Waals surface area contributed by atoms with Gasteiger partial charge in [-0.05, 0) is 12.1 Å². The van der Waals surface area contributed by atoms with Gasteiger partial charge in [0.2, 0.25) is 9.84 Å². The van der Waals surface area contributed by atoms with E-state index in [1.54, 1.807) is 24.3 Å². The Morgan fingerprint density at radius 2 is 1.80 bits per heavy atom. The summed E-state index contributed by atoms with van der Waals surface area (Å²) in [6, 6.07) is 6.91. The minimum absolute atomic E-state index is 0.323. The van der Waals surface area contributed by atoms with Crippen molar-refractivity contribution in [2.75, 3.05) is 0 Å². The molecular weight excluding hydrogens is 214 g/mol. The van der Waals surface area contributed by atoms with Gasteiger partial charge in [-0.25, -0.2) is 13.4 Å². The highest BCUT2D eigenvalue weighted by atomic mass is 32.2. The molecule has 0 aliphatic rings. The number of para-hydroxylation sites is 1. The molecule has 15 heavy (non-hydrogen) atoms. The quantitative estimate of drug-likeness (QED) is 0.754. The first-order chi connectivity index (χ1) is 7.13. The van der Waals surface area contributed by atoms with Gasteiger partial charge in [-0.2, -0.15) is 0 Å². The molecule has 2 rings (SSSR count). The molecule has 0 radical (unpaired) electrons. The number of rotatable bonds is 2. The van der Waals surface area contributed by atoms with Gasteiger partial charge in [-0.15, -0.1) is 10.2 Å². The van der Waals surface area contributed by atoms with Gasteiger partial charge >= 0.3 is 0 Å². The van der Waals surface area contributed by atoms with Gasteiger partial charge in [0.1, 0.15) is 5.52 Å². The lowest BCUT2D eigenvalue weighted by atomic mass is 10.3. The van der Waals surface area contributed by atoms with E-state index in [-0.39, 0.29) is 5.16 Å². The van der Waals surface area contributed by atoms with Crippen molar-refractivity contribution < 1.29 is 8.42 Å². The molecule has 1 heterocycles. The van der Waals surface area contributed by atoms with Crippen LogP contribution in [0, 0.1) is 0 Å². The zero-order chi connectivity index (χ0) is 10.9. The van der Waals surface area contributed by atoms with Crippen LogP contribution in [0.1, 0.15) is 0 Å². The molecule has 76 valence electrons. The Hall–Kier alpha value is -1.82. The fourth-order valence-electron chi connectivity index (χ4n) is 1.06. The lowest BCUT2D eigenvalue weighted by Crippen LogP contribution is -2.04. The molecule has 0 aliphatic carbocycles. The molecule has 0 fully saturated rings. The highest BCUT2D eigenvalue weighted by Crippen LogP contribution is 2.10. The van der Waals surface area contributed by atoms with Crippen LogP contribution in [0.3, 0.4) is 0 Å². The third-order valence-electron chi connectivity index (χ3n) is 1.82. The van der Waals surface area contributed by atoms with Crippen molar-refractivity contribution in [2.24, 2.45) is 0 Å². The summed E-state index contributed by atoms with van der Waals surface area (Å²) in [7, 11) is -3.61. The maximum absolute atomic E-state index is 11.4. The second-order valence-electron chi connectivity index (χ2n) is 2.79. The predicted molar refractivity (Wildman–Crippen MR) is 54.7 cm³/mol. The molecular formula is C9H7N3O2S. The minimum atomic E-state index is -3.61. The van der Waals surface area contributed by atoms with Crippen LogP contribution in [0.15, 0.2) is 41.4 Å². The van der Waals surface area contributed by atoms with E-state index in [1.165, 1.54) is 0 Å². The van der Waals surface area contributed by atoms with Crippen molar-refractivity contribution >= 4 is 20.9 Å². The topological polar surface area (TPSA) is 72.8 Å². The summed E-state index contributed by atoms with van der Waals surface area (Å²) >= 11 is 0. The van der Waals surface area contributed by atoms with Crippen LogP contribution in [0.5, 0.6) is 0 Å². The Morgan fingerprint density at radius 3 is 2.47 bits per heavy atom. The number of hydrogen-bond acceptors (Lipinski definition) is 5. The van der Waals surface area contributed by atoms with E-state index in [9.17, 15) is 8.42 Å². The lowest BCUT2D eigenvalue weighted by molar-refractivity contribution is 0.594. The molecule has 0 aliphatic heterocycles. The van der Waals surface area contributed by atoms with Gasteiger partial charge in [0.05, 0.1) is 5.52 Å². The van der Waals surface area contributed by atoms with Gasteiger partial charge in [-0.3, -0.25) is 0 Å². The molecule has 0 saturated heterocycles. The molecule has 1 aromatic carbocycles. The first kappa shape index (κ1) is 9.72. The van der Waals surface area contributed by atoms with E-state index >= 15 is 0 Å². The number of sulfone groups is 1. The van der Waals surface area contributed by atoms with Gasteiger partial charge < -0.3 is 0 Å². The van der Waals surface area contributed by atoms with Crippen LogP contribution in [0.4, 0.5) is 0 Å². The number of nitrogens with zero attached hydrogens (tertiary/aromatic N) is 3. The van der Waals surface area contributed by atoms with Crippen LogP contribution >= 0.6 is 0 Å². The van der Waals surface area contributed by atoms with E-state index in [2.05, 4.69) is 21.8 Å². The molecule has 0 saturated carbocycles. The Morgan fingerprint density at radius 1 is 1.13 bits per heavy atom. The fraction of sp³-hybridized carbons (Fsp3) is 0. The van der Waals surface area contributed by atoms with Crippen LogP contribution in [0.25, 0.3) is 11.0 Å². The standard InChI is InChI=1S/C9H7N3O2S/c1-2-15(13,14)9-10-7-5-3-4-6-8(7)11-12-9/h2-6H,1H2. The van der Waals surface area contributed by atoms with E-state index < -0.39 is 9.84 Å². The van der Waals surface area contributed by atoms with Gasteiger partial charge in [0, 0.05) is 5.41 Å². The van der Waals surface area contributed by atoms with Crippen LogP contribution < -0.4 is 0 Å². The van der Waals surface area contributed by atoms with Crippen molar-refractivity contribution in [3.63, 3.8) is 0 Å². The number of hydrogen-bond donors (Lipinski definition) is 0. The zero-order valence-corrected chi connectivity index (χ0v) is 8.48. The maximum atomic E-state index is 11.4. The second-order valence-corrected chi connectivity index (χ2v) is 4.58. The summed E-state index contributed by atoms with van der Waals surface area (Å²) in [4.78, 5) is 3.88. The van der Waals surface area contributed by atoms with Crippen molar-refractivity contribution in [1.29, 1.82) is 0 Å². The molecule has 6 heteroatoms. The number of benzene rings is 1.